The van der Waals surface area contributed by atoms with Gasteiger partial charge in [0.25, 0.3) is 0 Å². The molecule has 0 saturated carbocycles. The Morgan fingerprint density at radius 2 is 2.04 bits per heavy atom. The van der Waals surface area contributed by atoms with Gasteiger partial charge in [-0.3, -0.25) is 9.88 Å². The van der Waals surface area contributed by atoms with Gasteiger partial charge in [-0.1, -0.05) is 6.07 Å². The maximum atomic E-state index is 9.12. The van der Waals surface area contributed by atoms with E-state index in [1.165, 1.54) is 0 Å². The van der Waals surface area contributed by atoms with E-state index in [-0.39, 0.29) is 6.61 Å². The van der Waals surface area contributed by atoms with Crippen LogP contribution in [0.3, 0.4) is 0 Å². The van der Waals surface area contributed by atoms with Crippen LogP contribution in [0.25, 0.3) is 5.65 Å². The quantitative estimate of drug-likeness (QED) is 0.613. The summed E-state index contributed by atoms with van der Waals surface area (Å²) in [6.07, 6.45) is 5.39. The van der Waals surface area contributed by atoms with Crippen LogP contribution in [0.2, 0.25) is 0 Å². The Balaban J connectivity index is 1.57. The van der Waals surface area contributed by atoms with Crippen LogP contribution in [0.5, 0.6) is 0 Å². The Morgan fingerprint density at radius 1 is 1.19 bits per heavy atom. The number of pyridine rings is 1. The van der Waals surface area contributed by atoms with E-state index in [1.807, 2.05) is 28.9 Å². The van der Waals surface area contributed by atoms with Gasteiger partial charge in [0.2, 0.25) is 0 Å². The van der Waals surface area contributed by atoms with Crippen molar-refractivity contribution < 1.29 is 5.11 Å². The van der Waals surface area contributed by atoms with Crippen molar-refractivity contribution in [2.45, 2.75) is 6.54 Å². The van der Waals surface area contributed by atoms with E-state index in [0.29, 0.717) is 6.54 Å². The Kier molecular flexibility index (Phi) is 5.51. The molecule has 0 spiro atoms. The number of rotatable bonds is 6. The molecule has 1 saturated heterocycles. The van der Waals surface area contributed by atoms with Gasteiger partial charge in [0, 0.05) is 57.7 Å². The summed E-state index contributed by atoms with van der Waals surface area (Å²) in [4.78, 5) is 13.5. The smallest absolute Gasteiger partial charge is 0.173 e. The molecule has 1 aliphatic heterocycles. The number of β-amino-alcohol motifs (C(OH)–C–C–N with tert-alkyl or cyclic N) is 1. The normalized spacial score (nSPS) is 15.4. The Hall–Kier alpha value is -2.23. The van der Waals surface area contributed by atoms with E-state index >= 15 is 0 Å². The van der Waals surface area contributed by atoms with Gasteiger partial charge in [-0.15, -0.1) is 0 Å². The van der Waals surface area contributed by atoms with Gasteiger partial charge >= 0.3 is 0 Å². The van der Waals surface area contributed by atoms with Crippen molar-refractivity contribution in [3.05, 3.63) is 46.8 Å². The minimum Gasteiger partial charge on any atom is -0.395 e. The third-order valence-electron chi connectivity index (χ3n) is 4.72. The monoisotopic (exact) mass is 431 g/mol. The lowest BCUT2D eigenvalue weighted by Crippen LogP contribution is -2.47. The molecule has 3 aromatic rings. The summed E-state index contributed by atoms with van der Waals surface area (Å²) in [5, 5.41) is 17.0. The largest absolute Gasteiger partial charge is 0.395 e. The number of piperazine rings is 1. The van der Waals surface area contributed by atoms with Crippen LogP contribution in [-0.2, 0) is 6.54 Å². The molecule has 4 heterocycles. The van der Waals surface area contributed by atoms with Crippen molar-refractivity contribution in [1.29, 1.82) is 0 Å². The first-order chi connectivity index (χ1) is 13.2. The minimum atomic E-state index is 0.204. The van der Waals surface area contributed by atoms with E-state index in [2.05, 4.69) is 41.1 Å². The number of hydrogen-bond acceptors (Lipinski definition) is 7. The fourth-order valence-corrected chi connectivity index (χ4v) is 3.60. The number of aliphatic hydroxyl groups excluding tert-OH is 1. The minimum absolute atomic E-state index is 0.204. The predicted octanol–water partition coefficient (Wildman–Crippen LogP) is 1.61. The maximum Gasteiger partial charge on any atom is 0.173 e. The van der Waals surface area contributed by atoms with Crippen molar-refractivity contribution in [2.24, 2.45) is 0 Å². The first-order valence-electron chi connectivity index (χ1n) is 9.00. The maximum absolute atomic E-state index is 9.12. The molecule has 0 radical (unpaired) electrons. The number of nitrogens with zero attached hydrogens (tertiary/aromatic N) is 6. The van der Waals surface area contributed by atoms with Crippen LogP contribution in [0.15, 0.2) is 41.3 Å². The molecule has 27 heavy (non-hydrogen) atoms. The molecule has 9 heteroatoms. The second-order valence-electron chi connectivity index (χ2n) is 6.49. The first-order valence-corrected chi connectivity index (χ1v) is 9.79. The summed E-state index contributed by atoms with van der Waals surface area (Å²) < 4.78 is 2.68. The van der Waals surface area contributed by atoms with E-state index in [9.17, 15) is 0 Å². The van der Waals surface area contributed by atoms with E-state index in [0.717, 1.165) is 60.0 Å². The predicted molar refractivity (Wildman–Crippen MR) is 108 cm³/mol. The summed E-state index contributed by atoms with van der Waals surface area (Å²) in [7, 11) is 0. The molecule has 0 bridgehead atoms. The summed E-state index contributed by atoms with van der Waals surface area (Å²) in [5.74, 6) is 1.82. The first kappa shape index (κ1) is 18.1. The lowest BCUT2D eigenvalue weighted by molar-refractivity contribution is 0.188. The molecule has 2 N–H and O–H groups in total. The molecule has 8 nitrogen and oxygen atoms in total. The fraction of sp³-hybridized carbons (Fsp3) is 0.389. The van der Waals surface area contributed by atoms with Gasteiger partial charge in [0.05, 0.1) is 17.3 Å². The topological polar surface area (TPSA) is 81.8 Å². The molecule has 1 aliphatic rings. The van der Waals surface area contributed by atoms with E-state index in [1.54, 1.807) is 12.4 Å². The average molecular weight is 432 g/mol. The van der Waals surface area contributed by atoms with Crippen molar-refractivity contribution in [2.75, 3.05) is 49.5 Å². The molecule has 0 unspecified atom stereocenters. The Labute approximate surface area is 166 Å². The number of hydrogen-bond donors (Lipinski definition) is 2. The van der Waals surface area contributed by atoms with Crippen LogP contribution >= 0.6 is 15.9 Å². The van der Waals surface area contributed by atoms with E-state index < -0.39 is 0 Å². The van der Waals surface area contributed by atoms with Crippen LogP contribution in [0.1, 0.15) is 5.56 Å². The lowest BCUT2D eigenvalue weighted by atomic mass is 10.3. The molecule has 4 rings (SSSR count). The summed E-state index contributed by atoms with van der Waals surface area (Å²) in [6, 6.07) is 6.02. The fourth-order valence-electron chi connectivity index (χ4n) is 3.25. The number of anilines is 2. The van der Waals surface area contributed by atoms with Gasteiger partial charge < -0.3 is 15.3 Å². The van der Waals surface area contributed by atoms with Crippen molar-refractivity contribution in [3.63, 3.8) is 0 Å². The zero-order valence-corrected chi connectivity index (χ0v) is 16.5. The van der Waals surface area contributed by atoms with Crippen LogP contribution in [0.4, 0.5) is 11.6 Å². The molecule has 3 aromatic heterocycles. The van der Waals surface area contributed by atoms with E-state index in [4.69, 9.17) is 10.1 Å². The molecule has 142 valence electrons. The second kappa shape index (κ2) is 8.20. The molecule has 0 aliphatic carbocycles. The summed E-state index contributed by atoms with van der Waals surface area (Å²) >= 11 is 3.55. The van der Waals surface area contributed by atoms with Crippen molar-refractivity contribution in [3.8, 4) is 0 Å². The summed E-state index contributed by atoms with van der Waals surface area (Å²) in [5.41, 5.74) is 1.90. The van der Waals surface area contributed by atoms with Crippen LogP contribution in [-0.4, -0.2) is 68.9 Å². The second-order valence-corrected chi connectivity index (χ2v) is 7.35. The van der Waals surface area contributed by atoms with Crippen molar-refractivity contribution >= 4 is 33.2 Å². The zero-order valence-electron chi connectivity index (χ0n) is 14.9. The number of nitrogens with one attached hydrogen (secondary N) is 1. The number of fused-ring (bicyclic) bond motifs is 1. The van der Waals surface area contributed by atoms with Gasteiger partial charge in [-0.05, 0) is 27.6 Å². The van der Waals surface area contributed by atoms with Gasteiger partial charge in [-0.25, -0.2) is 4.98 Å². The highest BCUT2D eigenvalue weighted by atomic mass is 79.9. The Bertz CT molecular complexity index is 893. The van der Waals surface area contributed by atoms with Gasteiger partial charge in [0.15, 0.2) is 5.65 Å². The number of aliphatic hydroxyl groups is 1. The SMILES string of the molecule is OCCN1CCN(c2cc(NCc3cccnc3)n3ncc(Br)c3n2)CC1. The van der Waals surface area contributed by atoms with Crippen LogP contribution < -0.4 is 10.2 Å². The highest BCUT2D eigenvalue weighted by Gasteiger charge is 2.20. The standard InChI is InChI=1S/C18H22BrN7O/c19-15-13-22-26-16(21-12-14-2-1-3-20-11-14)10-17(23-18(15)26)25-6-4-24(5-7-25)8-9-27/h1-3,10-11,13,21,27H,4-9,12H2. The number of halogens is 1. The molecule has 0 atom stereocenters. The Morgan fingerprint density at radius 3 is 2.78 bits per heavy atom. The molecule has 0 aromatic carbocycles. The highest BCUT2D eigenvalue weighted by Crippen LogP contribution is 2.25. The molecule has 0 amide bonds. The van der Waals surface area contributed by atoms with Gasteiger partial charge in [0.1, 0.15) is 11.6 Å². The molecule has 1 fully saturated rings. The third kappa shape index (κ3) is 4.05. The summed E-state index contributed by atoms with van der Waals surface area (Å²) in [6.45, 7) is 5.21. The highest BCUT2D eigenvalue weighted by molar-refractivity contribution is 9.10. The van der Waals surface area contributed by atoms with Crippen molar-refractivity contribution in [1.82, 2.24) is 24.5 Å². The zero-order chi connectivity index (χ0) is 18.6. The third-order valence-corrected chi connectivity index (χ3v) is 5.28. The molecular weight excluding hydrogens is 410 g/mol. The molecular formula is C18H22BrN7O. The van der Waals surface area contributed by atoms with Crippen LogP contribution in [0, 0.1) is 0 Å². The van der Waals surface area contributed by atoms with Gasteiger partial charge in [-0.2, -0.15) is 9.61 Å². The lowest BCUT2D eigenvalue weighted by Gasteiger charge is -2.35. The number of aromatic nitrogens is 4. The average Bonchev–Trinajstić information content (AvgIpc) is 3.09.